The average Bonchev–Trinajstić information content (AvgIpc) is 1.99. The molecule has 0 saturated carbocycles. The highest BCUT2D eigenvalue weighted by atomic mass is 79.9. The minimum absolute atomic E-state index is 0.0354. The summed E-state index contributed by atoms with van der Waals surface area (Å²) in [5, 5.41) is 0. The van der Waals surface area contributed by atoms with Crippen molar-refractivity contribution in [1.82, 2.24) is 0 Å². The van der Waals surface area contributed by atoms with Crippen LogP contribution in [0, 0.1) is 11.6 Å². The smallest absolute Gasteiger partial charge is 0.160 e. The quantitative estimate of drug-likeness (QED) is 0.540. The molecule has 0 aliphatic rings. The maximum atomic E-state index is 12.8. The number of benzene rings is 1. The third-order valence-corrected chi connectivity index (χ3v) is 2.15. The summed E-state index contributed by atoms with van der Waals surface area (Å²) in [6.45, 7) is 1.25. The normalized spacial score (nSPS) is 10.0. The van der Waals surface area contributed by atoms with Crippen LogP contribution in [-0.4, -0.2) is 5.78 Å². The molecule has 0 aliphatic carbocycles. The monoisotopic (exact) mass is 234 g/mol. The van der Waals surface area contributed by atoms with Gasteiger partial charge >= 0.3 is 0 Å². The number of hydrogen-bond donors (Lipinski definition) is 0. The topological polar surface area (TPSA) is 17.1 Å². The molecule has 0 unspecified atom stereocenters. The molecule has 0 spiro atoms. The van der Waals surface area contributed by atoms with E-state index in [1.165, 1.54) is 6.92 Å². The van der Waals surface area contributed by atoms with Crippen LogP contribution in [0.5, 0.6) is 0 Å². The largest absolute Gasteiger partial charge is 0.295 e. The molecular weight excluding hydrogens is 230 g/mol. The van der Waals surface area contributed by atoms with Gasteiger partial charge in [-0.1, -0.05) is 0 Å². The molecule has 0 radical (unpaired) electrons. The van der Waals surface area contributed by atoms with E-state index in [4.69, 9.17) is 0 Å². The number of Topliss-reactive ketones (excluding diaryl/α,β-unsaturated/α-hetero) is 1. The summed E-state index contributed by atoms with van der Waals surface area (Å²) < 4.78 is 25.3. The molecule has 64 valence electrons. The van der Waals surface area contributed by atoms with Crippen LogP contribution < -0.4 is 0 Å². The summed E-state index contributed by atoms with van der Waals surface area (Å²) in [5.41, 5.74) is 0.0354. The summed E-state index contributed by atoms with van der Waals surface area (Å²) in [5.74, 6) is -1.89. The highest BCUT2D eigenvalue weighted by Crippen LogP contribution is 2.21. The summed E-state index contributed by atoms with van der Waals surface area (Å²) >= 11 is 2.70. The van der Waals surface area contributed by atoms with Gasteiger partial charge in [-0.3, -0.25) is 4.79 Å². The van der Waals surface area contributed by atoms with Crippen molar-refractivity contribution in [3.05, 3.63) is 33.8 Å². The lowest BCUT2D eigenvalue weighted by Crippen LogP contribution is -1.95. The molecule has 1 aromatic carbocycles. The second-order valence-corrected chi connectivity index (χ2v) is 3.10. The number of ketones is 1. The Morgan fingerprint density at radius 3 is 2.08 bits per heavy atom. The summed E-state index contributed by atoms with van der Waals surface area (Å²) in [6.07, 6.45) is 0. The lowest BCUT2D eigenvalue weighted by atomic mass is 10.1. The van der Waals surface area contributed by atoms with E-state index in [0.29, 0.717) is 0 Å². The molecule has 12 heavy (non-hydrogen) atoms. The maximum Gasteiger partial charge on any atom is 0.160 e. The standard InChI is InChI=1S/C8H5BrF2O/c1-4(12)5-2-6(10)8(9)7(11)3-5/h2-3H,1H3. The first-order valence-electron chi connectivity index (χ1n) is 3.18. The Balaban J connectivity index is 3.31. The first kappa shape index (κ1) is 9.32. The van der Waals surface area contributed by atoms with Crippen molar-refractivity contribution in [2.75, 3.05) is 0 Å². The third kappa shape index (κ3) is 1.69. The van der Waals surface area contributed by atoms with Gasteiger partial charge in [-0.15, -0.1) is 0 Å². The second kappa shape index (κ2) is 3.31. The van der Waals surface area contributed by atoms with Gasteiger partial charge in [0.2, 0.25) is 0 Å². The van der Waals surface area contributed by atoms with Crippen LogP contribution in [0.4, 0.5) is 8.78 Å². The lowest BCUT2D eigenvalue weighted by molar-refractivity contribution is 0.101. The van der Waals surface area contributed by atoms with Gasteiger partial charge in [0.15, 0.2) is 5.78 Å². The molecule has 0 saturated heterocycles. The average molecular weight is 235 g/mol. The number of carbonyl (C=O) groups excluding carboxylic acids is 1. The van der Waals surface area contributed by atoms with Crippen LogP contribution in [0.2, 0.25) is 0 Å². The predicted molar refractivity (Wildman–Crippen MR) is 44.1 cm³/mol. The van der Waals surface area contributed by atoms with Gasteiger partial charge in [0.25, 0.3) is 0 Å². The van der Waals surface area contributed by atoms with E-state index in [2.05, 4.69) is 15.9 Å². The molecule has 0 aromatic heterocycles. The number of rotatable bonds is 1. The molecule has 0 atom stereocenters. The number of hydrogen-bond acceptors (Lipinski definition) is 1. The van der Waals surface area contributed by atoms with Crippen molar-refractivity contribution in [3.8, 4) is 0 Å². The van der Waals surface area contributed by atoms with Gasteiger partial charge in [0, 0.05) is 5.56 Å². The molecular formula is C8H5BrF2O. The lowest BCUT2D eigenvalue weighted by Gasteiger charge is -1.99. The van der Waals surface area contributed by atoms with E-state index in [-0.39, 0.29) is 15.8 Å². The molecule has 1 nitrogen and oxygen atoms in total. The molecule has 0 amide bonds. The molecule has 0 fully saturated rings. The molecule has 0 N–H and O–H groups in total. The second-order valence-electron chi connectivity index (χ2n) is 2.31. The van der Waals surface area contributed by atoms with Crippen LogP contribution in [-0.2, 0) is 0 Å². The minimum Gasteiger partial charge on any atom is -0.295 e. The Morgan fingerprint density at radius 2 is 1.75 bits per heavy atom. The SMILES string of the molecule is CC(=O)c1cc(F)c(Br)c(F)c1. The zero-order chi connectivity index (χ0) is 9.30. The summed E-state index contributed by atoms with van der Waals surface area (Å²) in [4.78, 5) is 10.7. The first-order chi connectivity index (χ1) is 5.52. The van der Waals surface area contributed by atoms with Crippen LogP contribution >= 0.6 is 15.9 Å². The molecule has 1 aromatic rings. The summed E-state index contributed by atoms with van der Waals surface area (Å²) in [7, 11) is 0. The van der Waals surface area contributed by atoms with Crippen molar-refractivity contribution in [2.24, 2.45) is 0 Å². The molecule has 0 heterocycles. The first-order valence-corrected chi connectivity index (χ1v) is 3.97. The van der Waals surface area contributed by atoms with E-state index in [0.717, 1.165) is 12.1 Å². The van der Waals surface area contributed by atoms with E-state index in [1.807, 2.05) is 0 Å². The zero-order valence-corrected chi connectivity index (χ0v) is 7.78. The van der Waals surface area contributed by atoms with Crippen molar-refractivity contribution in [2.45, 2.75) is 6.92 Å². The fraction of sp³-hybridized carbons (Fsp3) is 0.125. The fourth-order valence-corrected chi connectivity index (χ4v) is 0.988. The van der Waals surface area contributed by atoms with Gasteiger partial charge in [0.05, 0.1) is 4.47 Å². The van der Waals surface area contributed by atoms with Gasteiger partial charge in [0.1, 0.15) is 11.6 Å². The van der Waals surface area contributed by atoms with Gasteiger partial charge < -0.3 is 0 Å². The Kier molecular flexibility index (Phi) is 2.57. The van der Waals surface area contributed by atoms with Gasteiger partial charge in [-0.2, -0.15) is 0 Å². The Labute approximate surface area is 76.5 Å². The molecule has 0 aliphatic heterocycles. The van der Waals surface area contributed by atoms with E-state index >= 15 is 0 Å². The summed E-state index contributed by atoms with van der Waals surface area (Å²) in [6, 6.07) is 1.99. The Morgan fingerprint density at radius 1 is 1.33 bits per heavy atom. The Bertz CT molecular complexity index is 313. The van der Waals surface area contributed by atoms with Crippen molar-refractivity contribution in [3.63, 3.8) is 0 Å². The highest BCUT2D eigenvalue weighted by molar-refractivity contribution is 9.10. The van der Waals surface area contributed by atoms with E-state index in [1.54, 1.807) is 0 Å². The minimum atomic E-state index is -0.764. The van der Waals surface area contributed by atoms with Crippen LogP contribution in [0.3, 0.4) is 0 Å². The van der Waals surface area contributed by atoms with Crippen molar-refractivity contribution >= 4 is 21.7 Å². The highest BCUT2D eigenvalue weighted by Gasteiger charge is 2.09. The van der Waals surface area contributed by atoms with Crippen LogP contribution in [0.15, 0.2) is 16.6 Å². The molecule has 4 heteroatoms. The number of halogens is 3. The molecule has 1 rings (SSSR count). The third-order valence-electron chi connectivity index (χ3n) is 1.39. The maximum absolute atomic E-state index is 12.8. The Hall–Kier alpha value is -0.770. The van der Waals surface area contributed by atoms with Crippen molar-refractivity contribution in [1.29, 1.82) is 0 Å². The van der Waals surface area contributed by atoms with Crippen LogP contribution in [0.1, 0.15) is 17.3 Å². The number of carbonyl (C=O) groups is 1. The zero-order valence-electron chi connectivity index (χ0n) is 6.20. The van der Waals surface area contributed by atoms with E-state index < -0.39 is 11.6 Å². The fourth-order valence-electron chi connectivity index (χ4n) is 0.759. The van der Waals surface area contributed by atoms with Crippen molar-refractivity contribution < 1.29 is 13.6 Å². The van der Waals surface area contributed by atoms with Crippen LogP contribution in [0.25, 0.3) is 0 Å². The van der Waals surface area contributed by atoms with E-state index in [9.17, 15) is 13.6 Å². The van der Waals surface area contributed by atoms with Gasteiger partial charge in [-0.25, -0.2) is 8.78 Å². The predicted octanol–water partition coefficient (Wildman–Crippen LogP) is 2.93. The van der Waals surface area contributed by atoms with Gasteiger partial charge in [-0.05, 0) is 35.0 Å². The molecule has 0 bridgehead atoms.